The number of rotatable bonds is 6. The molecule has 0 saturated carbocycles. The molecule has 0 bridgehead atoms. The lowest BCUT2D eigenvalue weighted by molar-refractivity contribution is 0.280. The van der Waals surface area contributed by atoms with Gasteiger partial charge in [-0.05, 0) is 17.7 Å². The molecule has 0 spiro atoms. The molecule has 1 fully saturated rings. The Kier molecular flexibility index (Phi) is 6.01. The molecule has 0 atom stereocenters. The maximum Gasteiger partial charge on any atom is 0.278 e. The third-order valence-electron chi connectivity index (χ3n) is 5.01. The average Bonchev–Trinajstić information content (AvgIpc) is 3.12. The summed E-state index contributed by atoms with van der Waals surface area (Å²) in [5.41, 5.74) is 1.47. The summed E-state index contributed by atoms with van der Waals surface area (Å²) < 4.78 is 24.7. The second kappa shape index (κ2) is 8.54. The number of hydrogen-bond acceptors (Lipinski definition) is 7. The first-order valence-electron chi connectivity index (χ1n) is 9.37. The number of benzene rings is 1. The van der Waals surface area contributed by atoms with Crippen LogP contribution in [0.4, 0.5) is 5.95 Å². The summed E-state index contributed by atoms with van der Waals surface area (Å²) in [5.74, 6) is 0.672. The topological polar surface area (TPSA) is 113 Å². The van der Waals surface area contributed by atoms with Crippen molar-refractivity contribution in [2.45, 2.75) is 13.1 Å². The van der Waals surface area contributed by atoms with E-state index >= 15 is 0 Å². The Morgan fingerprint density at radius 1 is 1.13 bits per heavy atom. The van der Waals surface area contributed by atoms with Crippen LogP contribution in [0.1, 0.15) is 5.56 Å². The highest BCUT2D eigenvalue weighted by atomic mass is 35.5. The van der Waals surface area contributed by atoms with E-state index in [0.717, 1.165) is 5.56 Å². The van der Waals surface area contributed by atoms with Gasteiger partial charge in [0.1, 0.15) is 5.52 Å². The number of sulfone groups is 1. The Morgan fingerprint density at radius 3 is 2.63 bits per heavy atom. The summed E-state index contributed by atoms with van der Waals surface area (Å²) in [5, 5.41) is 8.29. The van der Waals surface area contributed by atoms with Gasteiger partial charge in [-0.2, -0.15) is 5.10 Å². The van der Waals surface area contributed by atoms with Gasteiger partial charge in [-0.1, -0.05) is 29.3 Å². The summed E-state index contributed by atoms with van der Waals surface area (Å²) >= 11 is 11.9. The van der Waals surface area contributed by atoms with Gasteiger partial charge in [-0.3, -0.25) is 19.4 Å². The van der Waals surface area contributed by atoms with Crippen molar-refractivity contribution in [3.63, 3.8) is 0 Å². The number of nitrogens with one attached hydrogen (secondary N) is 2. The monoisotopic (exact) mass is 470 g/mol. The Balaban J connectivity index is 1.43. The Bertz CT molecular complexity index is 1230. The van der Waals surface area contributed by atoms with Crippen molar-refractivity contribution in [1.82, 2.24) is 24.6 Å². The van der Waals surface area contributed by atoms with Gasteiger partial charge in [0.05, 0.1) is 34.3 Å². The fourth-order valence-corrected chi connectivity index (χ4v) is 4.90. The number of aromatic amines is 1. The molecule has 30 heavy (non-hydrogen) atoms. The van der Waals surface area contributed by atoms with Crippen molar-refractivity contribution in [3.05, 3.63) is 50.4 Å². The number of hydrogen-bond donors (Lipinski definition) is 2. The first kappa shape index (κ1) is 21.1. The van der Waals surface area contributed by atoms with Crippen molar-refractivity contribution < 1.29 is 8.42 Å². The van der Waals surface area contributed by atoms with E-state index in [2.05, 4.69) is 25.3 Å². The largest absolute Gasteiger partial charge is 0.352 e. The number of nitrogens with zero attached hydrogens (tertiary/aromatic N) is 4. The normalized spacial score (nSPS) is 16.7. The quantitative estimate of drug-likeness (QED) is 0.564. The van der Waals surface area contributed by atoms with Crippen LogP contribution in [0, 0.1) is 0 Å². The Morgan fingerprint density at radius 2 is 1.90 bits per heavy atom. The van der Waals surface area contributed by atoms with Gasteiger partial charge in [0, 0.05) is 26.2 Å². The maximum atomic E-state index is 12.6. The lowest BCUT2D eigenvalue weighted by Crippen LogP contribution is -2.41. The highest BCUT2D eigenvalue weighted by Gasteiger charge is 2.21. The second-order valence-electron chi connectivity index (χ2n) is 7.11. The van der Waals surface area contributed by atoms with Crippen LogP contribution < -0.4 is 10.9 Å². The van der Waals surface area contributed by atoms with E-state index in [-0.39, 0.29) is 17.1 Å². The van der Waals surface area contributed by atoms with Gasteiger partial charge in [-0.15, -0.1) is 0 Å². The molecule has 0 aliphatic carbocycles. The standard InChI is InChI=1S/C18H20Cl2N6O3S/c19-13-2-1-12(9-14(13)20)10-21-18-23-15-11-22-26(16(15)17(27)24-18)4-3-25-5-7-30(28,29)8-6-25/h1-2,9,11H,3-8,10H2,(H2,21,23,24,27). The average molecular weight is 471 g/mol. The molecule has 2 aromatic heterocycles. The van der Waals surface area contributed by atoms with Gasteiger partial charge < -0.3 is 5.32 Å². The van der Waals surface area contributed by atoms with Crippen molar-refractivity contribution >= 4 is 50.0 Å². The van der Waals surface area contributed by atoms with E-state index in [1.54, 1.807) is 23.0 Å². The van der Waals surface area contributed by atoms with Crippen molar-refractivity contribution in [2.75, 3.05) is 36.5 Å². The van der Waals surface area contributed by atoms with E-state index in [0.29, 0.717) is 59.8 Å². The summed E-state index contributed by atoms with van der Waals surface area (Å²) in [6.45, 7) is 2.50. The minimum Gasteiger partial charge on any atom is -0.352 e. The number of H-pyrrole nitrogens is 1. The van der Waals surface area contributed by atoms with Gasteiger partial charge in [0.2, 0.25) is 5.95 Å². The molecule has 2 N–H and O–H groups in total. The number of anilines is 1. The Labute approximate surface area is 182 Å². The molecule has 1 aromatic carbocycles. The van der Waals surface area contributed by atoms with E-state index in [1.165, 1.54) is 0 Å². The summed E-state index contributed by atoms with van der Waals surface area (Å²) in [6.07, 6.45) is 1.55. The number of aromatic nitrogens is 4. The van der Waals surface area contributed by atoms with Crippen LogP contribution >= 0.6 is 23.2 Å². The Hall–Kier alpha value is -2.14. The highest BCUT2D eigenvalue weighted by Crippen LogP contribution is 2.22. The van der Waals surface area contributed by atoms with E-state index < -0.39 is 9.84 Å². The first-order chi connectivity index (χ1) is 14.3. The smallest absolute Gasteiger partial charge is 0.278 e. The lowest BCUT2D eigenvalue weighted by Gasteiger charge is -2.26. The summed E-state index contributed by atoms with van der Waals surface area (Å²) in [4.78, 5) is 21.8. The molecule has 3 heterocycles. The molecule has 3 aromatic rings. The molecule has 1 aliphatic heterocycles. The molecule has 4 rings (SSSR count). The molecular formula is C18H20Cl2N6O3S. The minimum absolute atomic E-state index is 0.169. The van der Waals surface area contributed by atoms with E-state index in [4.69, 9.17) is 23.2 Å². The fourth-order valence-electron chi connectivity index (χ4n) is 3.30. The molecule has 12 heteroatoms. The molecule has 160 valence electrons. The molecular weight excluding hydrogens is 451 g/mol. The number of fused-ring (bicyclic) bond motifs is 1. The lowest BCUT2D eigenvalue weighted by atomic mass is 10.2. The zero-order chi connectivity index (χ0) is 21.3. The van der Waals surface area contributed by atoms with Crippen LogP contribution in [-0.2, 0) is 22.9 Å². The molecule has 0 radical (unpaired) electrons. The summed E-state index contributed by atoms with van der Waals surface area (Å²) in [6, 6.07) is 5.29. The van der Waals surface area contributed by atoms with E-state index in [1.807, 2.05) is 6.07 Å². The van der Waals surface area contributed by atoms with Crippen LogP contribution in [-0.4, -0.2) is 64.2 Å². The van der Waals surface area contributed by atoms with Crippen LogP contribution in [0.2, 0.25) is 10.0 Å². The maximum absolute atomic E-state index is 12.6. The van der Waals surface area contributed by atoms with Gasteiger partial charge in [-0.25, -0.2) is 13.4 Å². The second-order valence-corrected chi connectivity index (χ2v) is 10.2. The van der Waals surface area contributed by atoms with Crippen LogP contribution in [0.3, 0.4) is 0 Å². The molecule has 0 unspecified atom stereocenters. The predicted octanol–water partition coefficient (Wildman–Crippen LogP) is 1.77. The summed E-state index contributed by atoms with van der Waals surface area (Å²) in [7, 11) is -2.91. The molecule has 1 aliphatic rings. The third kappa shape index (κ3) is 4.77. The van der Waals surface area contributed by atoms with Gasteiger partial charge in [0.15, 0.2) is 15.4 Å². The zero-order valence-electron chi connectivity index (χ0n) is 15.9. The van der Waals surface area contributed by atoms with Gasteiger partial charge in [0.25, 0.3) is 5.56 Å². The SMILES string of the molecule is O=c1[nH]c(NCc2ccc(Cl)c(Cl)c2)nc2cnn(CCN3CCS(=O)(=O)CC3)c12. The zero-order valence-corrected chi connectivity index (χ0v) is 18.3. The van der Waals surface area contributed by atoms with Crippen LogP contribution in [0.25, 0.3) is 11.0 Å². The van der Waals surface area contributed by atoms with Crippen LogP contribution in [0.5, 0.6) is 0 Å². The fraction of sp³-hybridized carbons (Fsp3) is 0.389. The van der Waals surface area contributed by atoms with Crippen molar-refractivity contribution in [1.29, 1.82) is 0 Å². The van der Waals surface area contributed by atoms with E-state index in [9.17, 15) is 13.2 Å². The first-order valence-corrected chi connectivity index (χ1v) is 11.9. The van der Waals surface area contributed by atoms with Gasteiger partial charge >= 0.3 is 0 Å². The van der Waals surface area contributed by atoms with Crippen molar-refractivity contribution in [2.24, 2.45) is 0 Å². The predicted molar refractivity (Wildman–Crippen MR) is 117 cm³/mol. The van der Waals surface area contributed by atoms with Crippen molar-refractivity contribution in [3.8, 4) is 0 Å². The van der Waals surface area contributed by atoms with Crippen LogP contribution in [0.15, 0.2) is 29.2 Å². The number of halogens is 2. The minimum atomic E-state index is -2.91. The third-order valence-corrected chi connectivity index (χ3v) is 7.36. The molecule has 1 saturated heterocycles. The molecule has 0 amide bonds. The highest BCUT2D eigenvalue weighted by molar-refractivity contribution is 7.91. The molecule has 9 nitrogen and oxygen atoms in total.